The summed E-state index contributed by atoms with van der Waals surface area (Å²) in [7, 11) is 0. The summed E-state index contributed by atoms with van der Waals surface area (Å²) in [5.41, 5.74) is 4.09. The highest BCUT2D eigenvalue weighted by atomic mass is 16.5. The van der Waals surface area contributed by atoms with Crippen LogP contribution in [0.15, 0.2) is 34.9 Å². The topological polar surface area (TPSA) is 95.7 Å². The molecule has 0 bridgehead atoms. The van der Waals surface area contributed by atoms with Crippen molar-refractivity contribution in [2.75, 3.05) is 11.6 Å². The van der Waals surface area contributed by atoms with Crippen LogP contribution in [0.3, 0.4) is 0 Å². The first kappa shape index (κ1) is 12.2. The summed E-state index contributed by atoms with van der Waals surface area (Å²) in [6, 6.07) is 8.61. The number of amides is 1. The molecule has 7 heteroatoms. The van der Waals surface area contributed by atoms with Crippen molar-refractivity contribution in [2.45, 2.75) is 6.42 Å². The van der Waals surface area contributed by atoms with Crippen LogP contribution < -0.4 is 10.4 Å². The van der Waals surface area contributed by atoms with Crippen molar-refractivity contribution in [3.63, 3.8) is 0 Å². The van der Waals surface area contributed by atoms with E-state index in [0.717, 1.165) is 5.69 Å². The Morgan fingerprint density at radius 3 is 2.90 bits per heavy atom. The predicted octanol–water partition coefficient (Wildman–Crippen LogP) is 1.28. The van der Waals surface area contributed by atoms with Crippen LogP contribution in [0.2, 0.25) is 0 Å². The number of nitrogens with zero attached hydrogens (tertiary/aromatic N) is 2. The standard InChI is InChI=1S/C13H11N3O4/c17-12-4-5-16(14-12)9-3-1-2-8(6-9)11-7-10(13(18)19)15-20-11/h1-3,6-7H,4-5H2,(H,14,17)(H,18,19). The number of carboxylic acids is 1. The van der Waals surface area contributed by atoms with E-state index in [1.54, 1.807) is 23.2 Å². The van der Waals surface area contributed by atoms with Gasteiger partial charge in [-0.05, 0) is 12.1 Å². The third kappa shape index (κ3) is 2.20. The molecule has 1 aromatic heterocycles. The number of hydrazine groups is 1. The molecule has 0 aliphatic carbocycles. The zero-order valence-electron chi connectivity index (χ0n) is 10.4. The summed E-state index contributed by atoms with van der Waals surface area (Å²) >= 11 is 0. The van der Waals surface area contributed by atoms with E-state index >= 15 is 0 Å². The number of carbonyl (C=O) groups excluding carboxylic acids is 1. The van der Waals surface area contributed by atoms with E-state index in [1.165, 1.54) is 6.07 Å². The SMILES string of the molecule is O=C1CCN(c2cccc(-c3cc(C(=O)O)no3)c2)N1. The lowest BCUT2D eigenvalue weighted by atomic mass is 10.1. The van der Waals surface area contributed by atoms with Gasteiger partial charge in [0.25, 0.3) is 0 Å². The van der Waals surface area contributed by atoms with Crippen molar-refractivity contribution < 1.29 is 19.2 Å². The molecule has 102 valence electrons. The minimum atomic E-state index is -1.14. The zero-order valence-corrected chi connectivity index (χ0v) is 10.4. The number of aromatic nitrogens is 1. The third-order valence-electron chi connectivity index (χ3n) is 2.99. The van der Waals surface area contributed by atoms with Crippen molar-refractivity contribution in [2.24, 2.45) is 0 Å². The first-order chi connectivity index (χ1) is 9.63. The van der Waals surface area contributed by atoms with Crippen molar-refractivity contribution in [3.8, 4) is 11.3 Å². The Labute approximate surface area is 113 Å². The van der Waals surface area contributed by atoms with E-state index < -0.39 is 5.97 Å². The molecule has 3 rings (SSSR count). The first-order valence-corrected chi connectivity index (χ1v) is 6.01. The molecule has 1 aliphatic rings. The Morgan fingerprint density at radius 1 is 1.40 bits per heavy atom. The van der Waals surface area contributed by atoms with E-state index in [1.807, 2.05) is 6.07 Å². The number of rotatable bonds is 3. The molecular formula is C13H11N3O4. The fourth-order valence-electron chi connectivity index (χ4n) is 2.01. The van der Waals surface area contributed by atoms with Crippen LogP contribution in [-0.4, -0.2) is 28.7 Å². The van der Waals surface area contributed by atoms with Gasteiger partial charge >= 0.3 is 5.97 Å². The molecule has 0 atom stereocenters. The van der Waals surface area contributed by atoms with Gasteiger partial charge in [-0.3, -0.25) is 15.2 Å². The molecule has 7 nitrogen and oxygen atoms in total. The fourth-order valence-corrected chi connectivity index (χ4v) is 2.01. The molecule has 1 saturated heterocycles. The second-order valence-electron chi connectivity index (χ2n) is 4.37. The monoisotopic (exact) mass is 273 g/mol. The molecule has 2 N–H and O–H groups in total. The van der Waals surface area contributed by atoms with Crippen LogP contribution in [-0.2, 0) is 4.79 Å². The minimum absolute atomic E-state index is 0.0248. The fraction of sp³-hybridized carbons (Fsp3) is 0.154. The maximum absolute atomic E-state index is 11.2. The van der Waals surface area contributed by atoms with Gasteiger partial charge in [-0.1, -0.05) is 17.3 Å². The molecule has 20 heavy (non-hydrogen) atoms. The molecule has 1 aromatic carbocycles. The smallest absolute Gasteiger partial charge is 0.358 e. The van der Waals surface area contributed by atoms with E-state index in [9.17, 15) is 9.59 Å². The van der Waals surface area contributed by atoms with Crippen LogP contribution in [0.1, 0.15) is 16.9 Å². The lowest BCUT2D eigenvalue weighted by Gasteiger charge is -2.17. The van der Waals surface area contributed by atoms with Crippen LogP contribution in [0.4, 0.5) is 5.69 Å². The van der Waals surface area contributed by atoms with Gasteiger partial charge in [-0.2, -0.15) is 0 Å². The Morgan fingerprint density at radius 2 is 2.25 bits per heavy atom. The lowest BCUT2D eigenvalue weighted by molar-refractivity contribution is -0.119. The number of aromatic carboxylic acids is 1. The number of anilines is 1. The van der Waals surface area contributed by atoms with Crippen LogP contribution in [0.5, 0.6) is 0 Å². The maximum Gasteiger partial charge on any atom is 0.358 e. The largest absolute Gasteiger partial charge is 0.476 e. The molecule has 0 unspecified atom stereocenters. The van der Waals surface area contributed by atoms with E-state index in [2.05, 4.69) is 10.6 Å². The van der Waals surface area contributed by atoms with E-state index in [4.69, 9.17) is 9.63 Å². The molecule has 0 spiro atoms. The zero-order chi connectivity index (χ0) is 14.1. The summed E-state index contributed by atoms with van der Waals surface area (Å²) in [6.45, 7) is 0.596. The Kier molecular flexibility index (Phi) is 2.86. The molecular weight excluding hydrogens is 262 g/mol. The Balaban J connectivity index is 1.90. The molecule has 0 saturated carbocycles. The van der Waals surface area contributed by atoms with Gasteiger partial charge in [-0.15, -0.1) is 0 Å². The van der Waals surface area contributed by atoms with Gasteiger partial charge in [0, 0.05) is 24.6 Å². The summed E-state index contributed by atoms with van der Waals surface area (Å²) in [5.74, 6) is -0.791. The molecule has 1 fully saturated rings. The molecule has 1 amide bonds. The van der Waals surface area contributed by atoms with Gasteiger partial charge in [0.05, 0.1) is 5.69 Å². The average Bonchev–Trinajstić information content (AvgIpc) is 3.07. The lowest BCUT2D eigenvalue weighted by Crippen LogP contribution is -2.32. The van der Waals surface area contributed by atoms with Gasteiger partial charge in [0.1, 0.15) is 0 Å². The van der Waals surface area contributed by atoms with E-state index in [0.29, 0.717) is 24.3 Å². The van der Waals surface area contributed by atoms with Crippen molar-refractivity contribution >= 4 is 17.6 Å². The number of hydrogen-bond acceptors (Lipinski definition) is 5. The summed E-state index contributed by atoms with van der Waals surface area (Å²) < 4.78 is 5.01. The van der Waals surface area contributed by atoms with Gasteiger partial charge in [0.2, 0.25) is 5.91 Å². The third-order valence-corrected chi connectivity index (χ3v) is 2.99. The highest BCUT2D eigenvalue weighted by Crippen LogP contribution is 2.25. The molecule has 0 radical (unpaired) electrons. The summed E-state index contributed by atoms with van der Waals surface area (Å²) in [4.78, 5) is 22.0. The van der Waals surface area contributed by atoms with Gasteiger partial charge in [-0.25, -0.2) is 4.79 Å². The average molecular weight is 273 g/mol. The molecule has 2 heterocycles. The second kappa shape index (κ2) is 4.69. The van der Waals surface area contributed by atoms with Gasteiger partial charge < -0.3 is 9.63 Å². The Hall–Kier alpha value is -2.83. The van der Waals surface area contributed by atoms with Crippen molar-refractivity contribution in [3.05, 3.63) is 36.0 Å². The number of hydrogen-bond donors (Lipinski definition) is 2. The van der Waals surface area contributed by atoms with Crippen LogP contribution in [0.25, 0.3) is 11.3 Å². The molecule has 2 aromatic rings. The molecule has 1 aliphatic heterocycles. The number of benzene rings is 1. The summed E-state index contributed by atoms with van der Waals surface area (Å²) in [6.07, 6.45) is 0.454. The Bertz CT molecular complexity index is 680. The van der Waals surface area contributed by atoms with Crippen LogP contribution >= 0.6 is 0 Å². The van der Waals surface area contributed by atoms with Crippen molar-refractivity contribution in [1.82, 2.24) is 10.6 Å². The summed E-state index contributed by atoms with van der Waals surface area (Å²) in [5, 5.41) is 14.0. The highest BCUT2D eigenvalue weighted by Gasteiger charge is 2.19. The number of carbonyl (C=O) groups is 2. The first-order valence-electron chi connectivity index (χ1n) is 6.01. The maximum atomic E-state index is 11.2. The predicted molar refractivity (Wildman–Crippen MR) is 69.0 cm³/mol. The number of carboxylic acid groups (broad SMARTS) is 1. The second-order valence-corrected chi connectivity index (χ2v) is 4.37. The number of nitrogens with one attached hydrogen (secondary N) is 1. The highest BCUT2D eigenvalue weighted by molar-refractivity contribution is 5.86. The van der Waals surface area contributed by atoms with Crippen molar-refractivity contribution in [1.29, 1.82) is 0 Å². The quantitative estimate of drug-likeness (QED) is 0.874. The van der Waals surface area contributed by atoms with Crippen LogP contribution in [0, 0.1) is 0 Å². The minimum Gasteiger partial charge on any atom is -0.476 e. The van der Waals surface area contributed by atoms with Gasteiger partial charge in [0.15, 0.2) is 11.5 Å². The van der Waals surface area contributed by atoms with E-state index in [-0.39, 0.29) is 11.6 Å². The normalized spacial score (nSPS) is 14.4.